The number of nitrogens with one attached hydrogen (secondary N) is 1. The van der Waals surface area contributed by atoms with Gasteiger partial charge in [-0.15, -0.1) is 0 Å². The Morgan fingerprint density at radius 1 is 1.41 bits per heavy atom. The van der Waals surface area contributed by atoms with Gasteiger partial charge in [-0.3, -0.25) is 0 Å². The number of nitrogens with zero attached hydrogens (tertiary/aromatic N) is 2. The van der Waals surface area contributed by atoms with Crippen LogP contribution < -0.4 is 11.1 Å². The second kappa shape index (κ2) is 4.55. The first-order valence-corrected chi connectivity index (χ1v) is 5.26. The molecular weight excluding hydrogens is 243 g/mol. The predicted molar refractivity (Wildman–Crippen MR) is 65.9 cm³/mol. The fourth-order valence-electron chi connectivity index (χ4n) is 1.34. The van der Waals surface area contributed by atoms with Crippen LogP contribution in [0.5, 0.6) is 0 Å². The topological polar surface area (TPSA) is 63.8 Å². The van der Waals surface area contributed by atoms with Crippen LogP contribution in [0, 0.1) is 12.7 Å². The third-order valence-corrected chi connectivity index (χ3v) is 2.69. The summed E-state index contributed by atoms with van der Waals surface area (Å²) in [4.78, 5) is 7.32. The third-order valence-electron chi connectivity index (χ3n) is 2.28. The van der Waals surface area contributed by atoms with E-state index in [1.807, 2.05) is 6.92 Å². The maximum Gasteiger partial charge on any atom is 0.222 e. The number of nitrogen functional groups attached to an aromatic ring is 1. The van der Waals surface area contributed by atoms with Gasteiger partial charge in [-0.2, -0.15) is 4.98 Å². The molecule has 0 bridgehead atoms. The molecular formula is C11H10ClFN4. The monoisotopic (exact) mass is 252 g/mol. The van der Waals surface area contributed by atoms with Crippen LogP contribution in [-0.4, -0.2) is 9.97 Å². The maximum absolute atomic E-state index is 13.4. The number of benzene rings is 1. The lowest BCUT2D eigenvalue weighted by atomic mass is 10.2. The SMILES string of the molecule is Cc1c(Cl)cccc1Nc1nc(N)ncc1F. The highest BCUT2D eigenvalue weighted by molar-refractivity contribution is 6.31. The van der Waals surface area contributed by atoms with E-state index in [1.54, 1.807) is 18.2 Å². The van der Waals surface area contributed by atoms with Gasteiger partial charge in [-0.1, -0.05) is 17.7 Å². The number of anilines is 3. The lowest BCUT2D eigenvalue weighted by Crippen LogP contribution is -2.03. The van der Waals surface area contributed by atoms with Crippen molar-refractivity contribution in [2.45, 2.75) is 6.92 Å². The molecule has 0 radical (unpaired) electrons. The molecule has 1 aromatic carbocycles. The van der Waals surface area contributed by atoms with Gasteiger partial charge in [0, 0.05) is 10.7 Å². The van der Waals surface area contributed by atoms with Gasteiger partial charge in [0.25, 0.3) is 0 Å². The summed E-state index contributed by atoms with van der Waals surface area (Å²) in [5.74, 6) is -0.532. The van der Waals surface area contributed by atoms with Crippen molar-refractivity contribution < 1.29 is 4.39 Å². The molecule has 3 N–H and O–H groups in total. The van der Waals surface area contributed by atoms with Gasteiger partial charge >= 0.3 is 0 Å². The summed E-state index contributed by atoms with van der Waals surface area (Å²) in [6.45, 7) is 1.83. The lowest BCUT2D eigenvalue weighted by Gasteiger charge is -2.10. The summed E-state index contributed by atoms with van der Waals surface area (Å²) >= 11 is 5.96. The van der Waals surface area contributed by atoms with Crippen molar-refractivity contribution in [3.8, 4) is 0 Å². The zero-order chi connectivity index (χ0) is 12.4. The number of halogens is 2. The third kappa shape index (κ3) is 2.45. The Balaban J connectivity index is 2.38. The van der Waals surface area contributed by atoms with E-state index in [-0.39, 0.29) is 11.8 Å². The zero-order valence-electron chi connectivity index (χ0n) is 9.04. The van der Waals surface area contributed by atoms with Crippen LogP contribution in [0.25, 0.3) is 0 Å². The minimum absolute atomic E-state index is 0.00795. The number of hydrogen-bond donors (Lipinski definition) is 2. The second-order valence-corrected chi connectivity index (χ2v) is 3.87. The first-order chi connectivity index (χ1) is 8.08. The van der Waals surface area contributed by atoms with Crippen LogP contribution in [0.1, 0.15) is 5.56 Å². The van der Waals surface area contributed by atoms with Crippen LogP contribution in [-0.2, 0) is 0 Å². The Bertz CT molecular complexity index is 559. The van der Waals surface area contributed by atoms with E-state index in [2.05, 4.69) is 15.3 Å². The Kier molecular flexibility index (Phi) is 3.10. The van der Waals surface area contributed by atoms with Gasteiger partial charge in [0.2, 0.25) is 5.95 Å². The van der Waals surface area contributed by atoms with Gasteiger partial charge in [0.05, 0.1) is 6.20 Å². The molecule has 0 atom stereocenters. The molecule has 88 valence electrons. The highest BCUT2D eigenvalue weighted by Crippen LogP contribution is 2.26. The molecule has 0 aliphatic carbocycles. The molecule has 0 saturated heterocycles. The van der Waals surface area contributed by atoms with Gasteiger partial charge in [0.15, 0.2) is 11.6 Å². The lowest BCUT2D eigenvalue weighted by molar-refractivity contribution is 0.620. The van der Waals surface area contributed by atoms with Crippen molar-refractivity contribution in [2.24, 2.45) is 0 Å². The van der Waals surface area contributed by atoms with Crippen molar-refractivity contribution in [1.29, 1.82) is 0 Å². The first-order valence-electron chi connectivity index (χ1n) is 4.88. The molecule has 1 heterocycles. The summed E-state index contributed by atoms with van der Waals surface area (Å²) in [7, 11) is 0. The van der Waals surface area contributed by atoms with Crippen molar-refractivity contribution in [2.75, 3.05) is 11.1 Å². The molecule has 17 heavy (non-hydrogen) atoms. The van der Waals surface area contributed by atoms with E-state index in [0.29, 0.717) is 10.7 Å². The van der Waals surface area contributed by atoms with Gasteiger partial charge < -0.3 is 11.1 Å². The van der Waals surface area contributed by atoms with Gasteiger partial charge in [-0.05, 0) is 24.6 Å². The van der Waals surface area contributed by atoms with Crippen LogP contribution in [0.3, 0.4) is 0 Å². The number of rotatable bonds is 2. The molecule has 1 aromatic heterocycles. The van der Waals surface area contributed by atoms with E-state index < -0.39 is 5.82 Å². The maximum atomic E-state index is 13.4. The molecule has 2 aromatic rings. The Morgan fingerprint density at radius 3 is 2.94 bits per heavy atom. The quantitative estimate of drug-likeness (QED) is 0.863. The largest absolute Gasteiger partial charge is 0.368 e. The van der Waals surface area contributed by atoms with E-state index >= 15 is 0 Å². The normalized spacial score (nSPS) is 10.3. The van der Waals surface area contributed by atoms with E-state index in [0.717, 1.165) is 11.8 Å². The van der Waals surface area contributed by atoms with Crippen molar-refractivity contribution >= 4 is 29.1 Å². The molecule has 0 unspecified atom stereocenters. The molecule has 6 heteroatoms. The number of nitrogens with two attached hydrogens (primary N) is 1. The average Bonchev–Trinajstić information content (AvgIpc) is 2.30. The Morgan fingerprint density at radius 2 is 2.18 bits per heavy atom. The molecule has 2 rings (SSSR count). The number of hydrogen-bond acceptors (Lipinski definition) is 4. The molecule has 0 amide bonds. The van der Waals surface area contributed by atoms with Crippen molar-refractivity contribution in [1.82, 2.24) is 9.97 Å². The average molecular weight is 253 g/mol. The van der Waals surface area contributed by atoms with Crippen molar-refractivity contribution in [3.63, 3.8) is 0 Å². The van der Waals surface area contributed by atoms with E-state index in [1.165, 1.54) is 0 Å². The first kappa shape index (κ1) is 11.6. The van der Waals surface area contributed by atoms with Crippen LogP contribution >= 0.6 is 11.6 Å². The smallest absolute Gasteiger partial charge is 0.222 e. The Labute approximate surface area is 103 Å². The molecule has 0 aliphatic heterocycles. The predicted octanol–water partition coefficient (Wildman–Crippen LogP) is 2.90. The molecule has 0 saturated carbocycles. The minimum Gasteiger partial charge on any atom is -0.368 e. The van der Waals surface area contributed by atoms with Crippen LogP contribution in [0.4, 0.5) is 21.8 Å². The molecule has 0 aliphatic rings. The van der Waals surface area contributed by atoms with Crippen LogP contribution in [0.15, 0.2) is 24.4 Å². The summed E-state index contributed by atoms with van der Waals surface area (Å²) in [5.41, 5.74) is 6.88. The second-order valence-electron chi connectivity index (χ2n) is 3.46. The van der Waals surface area contributed by atoms with E-state index in [4.69, 9.17) is 17.3 Å². The van der Waals surface area contributed by atoms with Crippen molar-refractivity contribution in [3.05, 3.63) is 40.8 Å². The summed E-state index contributed by atoms with van der Waals surface area (Å²) in [6.07, 6.45) is 1.02. The standard InChI is InChI=1S/C11H10ClFN4/c1-6-7(12)3-2-4-9(6)16-10-8(13)5-15-11(14)17-10/h2-5H,1H3,(H3,14,15,16,17). The fraction of sp³-hybridized carbons (Fsp3) is 0.0909. The van der Waals surface area contributed by atoms with Gasteiger partial charge in [0.1, 0.15) is 0 Å². The zero-order valence-corrected chi connectivity index (χ0v) is 9.79. The summed E-state index contributed by atoms with van der Waals surface area (Å²) in [6, 6.07) is 5.30. The van der Waals surface area contributed by atoms with Crippen LogP contribution in [0.2, 0.25) is 5.02 Å². The molecule has 0 spiro atoms. The van der Waals surface area contributed by atoms with E-state index in [9.17, 15) is 4.39 Å². The highest BCUT2D eigenvalue weighted by Gasteiger charge is 2.08. The minimum atomic E-state index is -0.571. The Hall–Kier alpha value is -1.88. The highest BCUT2D eigenvalue weighted by atomic mass is 35.5. The van der Waals surface area contributed by atoms with Gasteiger partial charge in [-0.25, -0.2) is 9.37 Å². The summed E-state index contributed by atoms with van der Waals surface area (Å²) < 4.78 is 13.4. The summed E-state index contributed by atoms with van der Waals surface area (Å²) in [5, 5.41) is 3.43. The number of aromatic nitrogens is 2. The fourth-order valence-corrected chi connectivity index (χ4v) is 1.51. The molecule has 4 nitrogen and oxygen atoms in total. The molecule has 0 fully saturated rings.